The molecule has 3 heterocycles. The van der Waals surface area contributed by atoms with Crippen LogP contribution in [-0.4, -0.2) is 31.7 Å². The first-order valence-corrected chi connectivity index (χ1v) is 9.81. The Labute approximate surface area is 160 Å². The van der Waals surface area contributed by atoms with Gasteiger partial charge in [0.25, 0.3) is 5.91 Å². The Morgan fingerprint density at radius 3 is 2.81 bits per heavy atom. The molecule has 0 spiro atoms. The number of carbonyl (C=O) groups excluding carboxylic acids is 1. The molecule has 0 bridgehead atoms. The summed E-state index contributed by atoms with van der Waals surface area (Å²) in [6, 6.07) is 4.17. The summed E-state index contributed by atoms with van der Waals surface area (Å²) in [5, 5.41) is 9.97. The zero-order valence-electron chi connectivity index (χ0n) is 14.0. The predicted molar refractivity (Wildman–Crippen MR) is 101 cm³/mol. The monoisotopic (exact) mass is 387 g/mol. The largest absolute Gasteiger partial charge is 0.349 e. The molecule has 0 atom stereocenters. The van der Waals surface area contributed by atoms with Crippen molar-refractivity contribution in [3.63, 3.8) is 0 Å². The van der Waals surface area contributed by atoms with Gasteiger partial charge in [-0.15, -0.1) is 11.3 Å². The number of nitrogens with one attached hydrogen (secondary N) is 1. The van der Waals surface area contributed by atoms with E-state index in [4.69, 9.17) is 11.6 Å². The lowest BCUT2D eigenvalue weighted by atomic mass is 9.91. The van der Waals surface area contributed by atoms with Crippen molar-refractivity contribution in [2.75, 3.05) is 0 Å². The summed E-state index contributed by atoms with van der Waals surface area (Å²) in [6.07, 6.45) is 11.0. The molecular weight excluding hydrogens is 370 g/mol. The Morgan fingerprint density at radius 2 is 2.12 bits per heavy atom. The molecule has 1 aliphatic rings. The zero-order valence-corrected chi connectivity index (χ0v) is 15.6. The van der Waals surface area contributed by atoms with E-state index in [1.54, 1.807) is 18.6 Å². The number of rotatable bonds is 4. The van der Waals surface area contributed by atoms with E-state index in [1.165, 1.54) is 11.3 Å². The van der Waals surface area contributed by atoms with Crippen LogP contribution in [0.15, 0.2) is 42.4 Å². The van der Waals surface area contributed by atoms with Crippen molar-refractivity contribution in [2.24, 2.45) is 0 Å². The number of hydrogen-bond acceptors (Lipinski definition) is 5. The summed E-state index contributed by atoms with van der Waals surface area (Å²) in [5.41, 5.74) is 1.87. The van der Waals surface area contributed by atoms with E-state index in [1.807, 2.05) is 28.5 Å². The minimum absolute atomic E-state index is 0.0708. The van der Waals surface area contributed by atoms with Crippen LogP contribution in [-0.2, 0) is 0 Å². The van der Waals surface area contributed by atoms with E-state index < -0.39 is 0 Å². The molecule has 0 radical (unpaired) electrons. The maximum atomic E-state index is 12.3. The Bertz CT molecular complexity index is 886. The number of halogens is 1. The molecule has 0 aliphatic heterocycles. The second kappa shape index (κ2) is 7.55. The highest BCUT2D eigenvalue weighted by molar-refractivity contribution is 7.12. The van der Waals surface area contributed by atoms with Crippen LogP contribution in [0.25, 0.3) is 11.3 Å². The Hall–Kier alpha value is -2.25. The zero-order chi connectivity index (χ0) is 17.9. The van der Waals surface area contributed by atoms with Gasteiger partial charge in [-0.25, -0.2) is 9.97 Å². The second-order valence-corrected chi connectivity index (χ2v) is 7.70. The summed E-state index contributed by atoms with van der Waals surface area (Å²) in [6.45, 7) is 0. The molecule has 0 unspecified atom stereocenters. The van der Waals surface area contributed by atoms with Gasteiger partial charge in [0, 0.05) is 24.0 Å². The number of nitrogens with zero attached hydrogens (tertiary/aromatic N) is 4. The van der Waals surface area contributed by atoms with Gasteiger partial charge >= 0.3 is 0 Å². The molecule has 1 saturated carbocycles. The molecule has 1 N–H and O–H groups in total. The van der Waals surface area contributed by atoms with Gasteiger partial charge < -0.3 is 5.32 Å². The standard InChI is InChI=1S/C18H18ClN5OS/c19-15-6-8-26-17(15)18(25)23-13-1-3-14(4-2-13)24-10-12(9-22-24)16-5-7-20-11-21-16/h5-11,13-14H,1-4H2,(H,23,25). The van der Waals surface area contributed by atoms with E-state index in [-0.39, 0.29) is 11.9 Å². The summed E-state index contributed by atoms with van der Waals surface area (Å²) in [4.78, 5) is 21.1. The highest BCUT2D eigenvalue weighted by atomic mass is 35.5. The van der Waals surface area contributed by atoms with E-state index >= 15 is 0 Å². The lowest BCUT2D eigenvalue weighted by Crippen LogP contribution is -2.37. The molecule has 8 heteroatoms. The third-order valence-electron chi connectivity index (χ3n) is 4.71. The Balaban J connectivity index is 1.35. The van der Waals surface area contributed by atoms with Gasteiger partial charge in [0.15, 0.2) is 0 Å². The molecule has 26 heavy (non-hydrogen) atoms. The Kier molecular flexibility index (Phi) is 4.99. The van der Waals surface area contributed by atoms with Crippen LogP contribution < -0.4 is 5.32 Å². The SMILES string of the molecule is O=C(NC1CCC(n2cc(-c3ccncn3)cn2)CC1)c1sccc1Cl. The van der Waals surface area contributed by atoms with E-state index in [0.29, 0.717) is 15.9 Å². The molecule has 4 rings (SSSR count). The molecular formula is C18H18ClN5OS. The maximum Gasteiger partial charge on any atom is 0.263 e. The summed E-state index contributed by atoms with van der Waals surface area (Å²) >= 11 is 7.41. The van der Waals surface area contributed by atoms with Gasteiger partial charge in [-0.05, 0) is 43.2 Å². The fourth-order valence-electron chi connectivity index (χ4n) is 3.32. The maximum absolute atomic E-state index is 12.3. The molecule has 6 nitrogen and oxygen atoms in total. The van der Waals surface area contributed by atoms with Crippen LogP contribution in [0.1, 0.15) is 41.4 Å². The molecule has 3 aromatic heterocycles. The number of aromatic nitrogens is 4. The van der Waals surface area contributed by atoms with Crippen LogP contribution >= 0.6 is 22.9 Å². The number of carbonyl (C=O) groups is 1. The van der Waals surface area contributed by atoms with Crippen molar-refractivity contribution in [1.82, 2.24) is 25.1 Å². The lowest BCUT2D eigenvalue weighted by Gasteiger charge is -2.29. The van der Waals surface area contributed by atoms with Gasteiger partial charge in [-0.1, -0.05) is 11.6 Å². The van der Waals surface area contributed by atoms with Gasteiger partial charge in [-0.2, -0.15) is 5.10 Å². The van der Waals surface area contributed by atoms with Crippen molar-refractivity contribution in [1.29, 1.82) is 0 Å². The molecule has 0 aromatic carbocycles. The molecule has 1 fully saturated rings. The van der Waals surface area contributed by atoms with Crippen LogP contribution in [0.4, 0.5) is 0 Å². The smallest absolute Gasteiger partial charge is 0.263 e. The Morgan fingerprint density at radius 1 is 1.27 bits per heavy atom. The summed E-state index contributed by atoms with van der Waals surface area (Å²) in [5.74, 6) is -0.0708. The third-order valence-corrected chi connectivity index (χ3v) is 6.05. The van der Waals surface area contributed by atoms with Gasteiger partial charge in [0.05, 0.1) is 23.0 Å². The number of hydrogen-bond donors (Lipinski definition) is 1. The average molecular weight is 388 g/mol. The number of thiophene rings is 1. The van der Waals surface area contributed by atoms with E-state index in [9.17, 15) is 4.79 Å². The lowest BCUT2D eigenvalue weighted by molar-refractivity contribution is 0.0926. The van der Waals surface area contributed by atoms with Crippen LogP contribution in [0, 0.1) is 0 Å². The van der Waals surface area contributed by atoms with Crippen molar-refractivity contribution in [3.05, 3.63) is 52.3 Å². The van der Waals surface area contributed by atoms with Crippen molar-refractivity contribution in [3.8, 4) is 11.3 Å². The van der Waals surface area contributed by atoms with Crippen LogP contribution in [0.5, 0.6) is 0 Å². The average Bonchev–Trinajstić information content (AvgIpc) is 3.32. The molecule has 134 valence electrons. The molecule has 3 aromatic rings. The second-order valence-electron chi connectivity index (χ2n) is 6.38. The first-order chi connectivity index (χ1) is 12.7. The normalized spacial score (nSPS) is 20.0. The van der Waals surface area contributed by atoms with E-state index in [2.05, 4.69) is 20.4 Å². The van der Waals surface area contributed by atoms with Crippen molar-refractivity contribution >= 4 is 28.8 Å². The highest BCUT2D eigenvalue weighted by Crippen LogP contribution is 2.30. The van der Waals surface area contributed by atoms with Crippen molar-refractivity contribution < 1.29 is 4.79 Å². The van der Waals surface area contributed by atoms with Crippen LogP contribution in [0.3, 0.4) is 0 Å². The summed E-state index contributed by atoms with van der Waals surface area (Å²) in [7, 11) is 0. The molecule has 0 saturated heterocycles. The summed E-state index contributed by atoms with van der Waals surface area (Å²) < 4.78 is 2.02. The number of amides is 1. The quantitative estimate of drug-likeness (QED) is 0.735. The highest BCUT2D eigenvalue weighted by Gasteiger charge is 2.25. The fraction of sp³-hybridized carbons (Fsp3) is 0.333. The molecule has 1 aliphatic carbocycles. The first-order valence-electron chi connectivity index (χ1n) is 8.55. The molecule has 1 amide bonds. The minimum Gasteiger partial charge on any atom is -0.349 e. The third kappa shape index (κ3) is 3.64. The van der Waals surface area contributed by atoms with Crippen LogP contribution in [0.2, 0.25) is 5.02 Å². The van der Waals surface area contributed by atoms with Crippen molar-refractivity contribution in [2.45, 2.75) is 37.8 Å². The first kappa shape index (κ1) is 17.2. The van der Waals surface area contributed by atoms with Gasteiger partial charge in [0.1, 0.15) is 11.2 Å². The van der Waals surface area contributed by atoms with E-state index in [0.717, 1.165) is 36.9 Å². The minimum atomic E-state index is -0.0708. The van der Waals surface area contributed by atoms with Gasteiger partial charge in [-0.3, -0.25) is 9.48 Å². The predicted octanol–water partition coefficient (Wildman–Crippen LogP) is 3.97. The fourth-order valence-corrected chi connectivity index (χ4v) is 4.37. The topological polar surface area (TPSA) is 72.7 Å². The van der Waals surface area contributed by atoms with Gasteiger partial charge in [0.2, 0.25) is 0 Å².